The maximum Gasteiger partial charge on any atom is 0.401 e. The van der Waals surface area contributed by atoms with E-state index in [1.807, 2.05) is 6.07 Å². The third-order valence-corrected chi connectivity index (χ3v) is 2.43. The highest BCUT2D eigenvalue weighted by Crippen LogP contribution is 2.19. The van der Waals surface area contributed by atoms with E-state index in [0.717, 1.165) is 17.0 Å². The van der Waals surface area contributed by atoms with E-state index in [1.54, 1.807) is 6.92 Å². The summed E-state index contributed by atoms with van der Waals surface area (Å²) < 4.78 is 49.9. The summed E-state index contributed by atoms with van der Waals surface area (Å²) in [4.78, 5) is 1.11. The van der Waals surface area contributed by atoms with Crippen LogP contribution in [0.2, 0.25) is 0 Å². The van der Waals surface area contributed by atoms with E-state index in [1.165, 1.54) is 6.07 Å². The second-order valence-corrected chi connectivity index (χ2v) is 3.83. The zero-order chi connectivity index (χ0) is 13.8. The van der Waals surface area contributed by atoms with Crippen molar-refractivity contribution in [2.24, 2.45) is 0 Å². The average molecular weight is 260 g/mol. The molecule has 0 heterocycles. The molecule has 98 valence electrons. The first kappa shape index (κ1) is 14.5. The summed E-state index contributed by atoms with van der Waals surface area (Å²) in [5.41, 5.74) is 0.459. The molecule has 0 aliphatic heterocycles. The van der Waals surface area contributed by atoms with E-state index in [-0.39, 0.29) is 24.2 Å². The minimum atomic E-state index is -4.31. The monoisotopic (exact) mass is 260 g/mol. The molecule has 1 aromatic carbocycles. The topological polar surface area (TPSA) is 27.0 Å². The van der Waals surface area contributed by atoms with Gasteiger partial charge in [0.05, 0.1) is 18.2 Å². The predicted octanol–water partition coefficient (Wildman–Crippen LogP) is 3.08. The van der Waals surface area contributed by atoms with Gasteiger partial charge in [-0.25, -0.2) is 4.39 Å². The number of halogens is 4. The molecule has 0 aliphatic rings. The van der Waals surface area contributed by atoms with Crippen molar-refractivity contribution >= 4 is 0 Å². The predicted molar refractivity (Wildman–Crippen MR) is 58.1 cm³/mol. The molecule has 0 N–H and O–H groups in total. The minimum absolute atomic E-state index is 0.101. The van der Waals surface area contributed by atoms with Crippen LogP contribution in [0.4, 0.5) is 17.6 Å². The van der Waals surface area contributed by atoms with E-state index in [4.69, 9.17) is 5.26 Å². The number of nitrogens with zero attached hydrogens (tertiary/aromatic N) is 2. The Kier molecular flexibility index (Phi) is 4.68. The van der Waals surface area contributed by atoms with Gasteiger partial charge in [-0.1, -0.05) is 6.92 Å². The molecule has 0 spiro atoms. The van der Waals surface area contributed by atoms with E-state index in [9.17, 15) is 17.6 Å². The van der Waals surface area contributed by atoms with E-state index in [2.05, 4.69) is 0 Å². The van der Waals surface area contributed by atoms with Crippen LogP contribution in [0.3, 0.4) is 0 Å². The molecule has 0 saturated carbocycles. The van der Waals surface area contributed by atoms with Gasteiger partial charge in [0, 0.05) is 6.54 Å². The SMILES string of the molecule is CCN(Cc1cc(F)ccc1C#N)CC(F)(F)F. The minimum Gasteiger partial charge on any atom is -0.291 e. The van der Waals surface area contributed by atoms with E-state index < -0.39 is 18.5 Å². The van der Waals surface area contributed by atoms with Crippen molar-refractivity contribution in [3.8, 4) is 6.07 Å². The molecule has 0 aromatic heterocycles. The third-order valence-electron chi connectivity index (χ3n) is 2.43. The van der Waals surface area contributed by atoms with Crippen molar-refractivity contribution in [3.63, 3.8) is 0 Å². The van der Waals surface area contributed by atoms with Crippen LogP contribution in [0, 0.1) is 17.1 Å². The molecular formula is C12H12F4N2. The van der Waals surface area contributed by atoms with Crippen LogP contribution >= 0.6 is 0 Å². The van der Waals surface area contributed by atoms with Crippen LogP contribution in [0.15, 0.2) is 18.2 Å². The Morgan fingerprint density at radius 3 is 2.50 bits per heavy atom. The fourth-order valence-corrected chi connectivity index (χ4v) is 1.58. The number of hydrogen-bond acceptors (Lipinski definition) is 2. The Hall–Kier alpha value is -1.61. The van der Waals surface area contributed by atoms with Crippen LogP contribution in [-0.4, -0.2) is 24.2 Å². The summed E-state index contributed by atoms with van der Waals surface area (Å²) in [6.07, 6.45) is -4.31. The summed E-state index contributed by atoms with van der Waals surface area (Å²) in [5.74, 6) is -0.563. The fraction of sp³-hybridized carbons (Fsp3) is 0.417. The van der Waals surface area contributed by atoms with Crippen LogP contribution in [0.1, 0.15) is 18.1 Å². The largest absolute Gasteiger partial charge is 0.401 e. The first-order valence-electron chi connectivity index (χ1n) is 5.33. The van der Waals surface area contributed by atoms with Crippen molar-refractivity contribution in [2.45, 2.75) is 19.6 Å². The first-order valence-corrected chi connectivity index (χ1v) is 5.33. The summed E-state index contributed by atoms with van der Waals surface area (Å²) in [7, 11) is 0. The quantitative estimate of drug-likeness (QED) is 0.778. The number of alkyl halides is 3. The Morgan fingerprint density at radius 2 is 2.00 bits per heavy atom. The molecule has 1 rings (SSSR count). The molecular weight excluding hydrogens is 248 g/mol. The van der Waals surface area contributed by atoms with Gasteiger partial charge in [0.25, 0.3) is 0 Å². The maximum atomic E-state index is 13.0. The van der Waals surface area contributed by atoms with Crippen molar-refractivity contribution in [3.05, 3.63) is 35.1 Å². The van der Waals surface area contributed by atoms with Gasteiger partial charge in [-0.2, -0.15) is 18.4 Å². The summed E-state index contributed by atoms with van der Waals surface area (Å²) in [6.45, 7) is 0.569. The van der Waals surface area contributed by atoms with Gasteiger partial charge in [-0.15, -0.1) is 0 Å². The van der Waals surface area contributed by atoms with Crippen LogP contribution in [-0.2, 0) is 6.54 Å². The Labute approximate surface area is 102 Å². The standard InChI is InChI=1S/C12H12F4N2/c1-2-18(8-12(14,15)16)7-10-5-11(13)4-3-9(10)6-17/h3-5H,2,7-8H2,1H3. The van der Waals surface area contributed by atoms with Crippen LogP contribution in [0.25, 0.3) is 0 Å². The normalized spacial score (nSPS) is 11.6. The maximum absolute atomic E-state index is 13.0. The average Bonchev–Trinajstić information content (AvgIpc) is 2.26. The van der Waals surface area contributed by atoms with Gasteiger partial charge >= 0.3 is 6.18 Å². The molecule has 0 bridgehead atoms. The number of hydrogen-bond donors (Lipinski definition) is 0. The third kappa shape index (κ3) is 4.34. The van der Waals surface area contributed by atoms with Gasteiger partial charge in [0.15, 0.2) is 0 Å². The zero-order valence-corrected chi connectivity index (χ0v) is 9.76. The fourth-order valence-electron chi connectivity index (χ4n) is 1.58. The first-order chi connectivity index (χ1) is 8.35. The molecule has 6 heteroatoms. The molecule has 0 atom stereocenters. The molecule has 0 aliphatic carbocycles. The van der Waals surface area contributed by atoms with Crippen LogP contribution in [0.5, 0.6) is 0 Å². The highest BCUT2D eigenvalue weighted by molar-refractivity contribution is 5.37. The van der Waals surface area contributed by atoms with E-state index in [0.29, 0.717) is 0 Å². The van der Waals surface area contributed by atoms with E-state index >= 15 is 0 Å². The van der Waals surface area contributed by atoms with Gasteiger partial charge in [0.1, 0.15) is 5.82 Å². The second kappa shape index (κ2) is 5.83. The van der Waals surface area contributed by atoms with Crippen molar-refractivity contribution in [1.29, 1.82) is 5.26 Å². The molecule has 1 aromatic rings. The number of rotatable bonds is 4. The Balaban J connectivity index is 2.88. The van der Waals surface area contributed by atoms with Gasteiger partial charge in [-0.3, -0.25) is 4.90 Å². The van der Waals surface area contributed by atoms with Crippen molar-refractivity contribution in [2.75, 3.05) is 13.1 Å². The van der Waals surface area contributed by atoms with Crippen LogP contribution < -0.4 is 0 Å². The molecule has 0 unspecified atom stereocenters. The lowest BCUT2D eigenvalue weighted by Crippen LogP contribution is -2.33. The van der Waals surface area contributed by atoms with Gasteiger partial charge in [-0.05, 0) is 30.3 Å². The Bertz CT molecular complexity index is 448. The van der Waals surface area contributed by atoms with Crippen molar-refractivity contribution < 1.29 is 17.6 Å². The molecule has 2 nitrogen and oxygen atoms in total. The second-order valence-electron chi connectivity index (χ2n) is 3.83. The lowest BCUT2D eigenvalue weighted by Gasteiger charge is -2.22. The Morgan fingerprint density at radius 1 is 1.33 bits per heavy atom. The lowest BCUT2D eigenvalue weighted by molar-refractivity contribution is -0.146. The molecule has 0 radical (unpaired) electrons. The number of benzene rings is 1. The molecule has 0 amide bonds. The number of nitriles is 1. The summed E-state index contributed by atoms with van der Waals surface area (Å²) >= 11 is 0. The zero-order valence-electron chi connectivity index (χ0n) is 9.76. The van der Waals surface area contributed by atoms with Crippen molar-refractivity contribution in [1.82, 2.24) is 4.90 Å². The van der Waals surface area contributed by atoms with Gasteiger partial charge in [0.2, 0.25) is 0 Å². The summed E-state index contributed by atoms with van der Waals surface area (Å²) in [6, 6.07) is 5.32. The van der Waals surface area contributed by atoms with Gasteiger partial charge < -0.3 is 0 Å². The smallest absolute Gasteiger partial charge is 0.291 e. The highest BCUT2D eigenvalue weighted by atomic mass is 19.4. The lowest BCUT2D eigenvalue weighted by atomic mass is 10.1. The molecule has 18 heavy (non-hydrogen) atoms. The highest BCUT2D eigenvalue weighted by Gasteiger charge is 2.30. The molecule has 0 fully saturated rings. The molecule has 0 saturated heterocycles. The summed E-state index contributed by atoms with van der Waals surface area (Å²) in [5, 5.41) is 8.81.